The van der Waals surface area contributed by atoms with E-state index in [4.69, 9.17) is 0 Å². The van der Waals surface area contributed by atoms with Gasteiger partial charge in [-0.1, -0.05) is 6.92 Å². The molecule has 0 saturated heterocycles. The summed E-state index contributed by atoms with van der Waals surface area (Å²) in [6.45, 7) is 2.04. The molecule has 2 aromatic heterocycles. The highest BCUT2D eigenvalue weighted by Crippen LogP contribution is 2.24. The third-order valence-electron chi connectivity index (χ3n) is 4.29. The first kappa shape index (κ1) is 15.2. The van der Waals surface area contributed by atoms with E-state index in [1.807, 2.05) is 35.8 Å². The Hall–Kier alpha value is -3.35. The van der Waals surface area contributed by atoms with E-state index >= 15 is 0 Å². The first-order valence-corrected chi connectivity index (χ1v) is 8.06. The van der Waals surface area contributed by atoms with Crippen molar-refractivity contribution in [1.82, 2.24) is 24.8 Å². The number of aryl methyl sites for hydroxylation is 1. The molecule has 7 heteroatoms. The predicted molar refractivity (Wildman–Crippen MR) is 96.3 cm³/mol. The molecule has 0 bridgehead atoms. The summed E-state index contributed by atoms with van der Waals surface area (Å²) in [4.78, 5) is 33.5. The standard InChI is InChI=1S/C18H17N5O2/c1-3-16-20-14-8-10(17(24)19-2)4-7-15(14)23(16)11-5-6-12-13(9-11)22-18(25)21-12/h4-9H,3H2,1-2H3,(H,19,24)(H2,21,22,25). The summed E-state index contributed by atoms with van der Waals surface area (Å²) in [5.74, 6) is 0.752. The summed E-state index contributed by atoms with van der Waals surface area (Å²) in [5.41, 5.74) is 4.45. The molecule has 2 aromatic carbocycles. The lowest BCUT2D eigenvalue weighted by Gasteiger charge is -2.08. The van der Waals surface area contributed by atoms with Crippen molar-refractivity contribution in [3.05, 3.63) is 58.3 Å². The third-order valence-corrected chi connectivity index (χ3v) is 4.29. The number of carbonyl (C=O) groups excluding carboxylic acids is 1. The zero-order valence-electron chi connectivity index (χ0n) is 13.9. The van der Waals surface area contributed by atoms with Crippen molar-refractivity contribution >= 4 is 28.0 Å². The number of nitrogens with one attached hydrogen (secondary N) is 3. The van der Waals surface area contributed by atoms with Gasteiger partial charge >= 0.3 is 5.69 Å². The molecule has 3 N–H and O–H groups in total. The molecule has 4 aromatic rings. The summed E-state index contributed by atoms with van der Waals surface area (Å²) in [7, 11) is 1.61. The van der Waals surface area contributed by atoms with E-state index in [1.165, 1.54) is 0 Å². The van der Waals surface area contributed by atoms with Crippen LogP contribution in [0.3, 0.4) is 0 Å². The van der Waals surface area contributed by atoms with Crippen molar-refractivity contribution in [2.24, 2.45) is 0 Å². The van der Waals surface area contributed by atoms with Crippen LogP contribution in [0.5, 0.6) is 0 Å². The number of aromatic nitrogens is 4. The number of hydrogen-bond donors (Lipinski definition) is 3. The molecule has 4 rings (SSSR count). The highest BCUT2D eigenvalue weighted by Gasteiger charge is 2.14. The Labute approximate surface area is 142 Å². The molecule has 0 fully saturated rings. The van der Waals surface area contributed by atoms with Crippen LogP contribution in [0.1, 0.15) is 23.1 Å². The van der Waals surface area contributed by atoms with Crippen molar-refractivity contribution in [1.29, 1.82) is 0 Å². The molecule has 0 radical (unpaired) electrons. The van der Waals surface area contributed by atoms with Crippen LogP contribution in [-0.2, 0) is 6.42 Å². The summed E-state index contributed by atoms with van der Waals surface area (Å²) >= 11 is 0. The SMILES string of the molecule is CCc1nc2cc(C(=O)NC)ccc2n1-c1ccc2[nH]c(=O)[nH]c2c1. The maximum absolute atomic E-state index is 11.9. The predicted octanol–water partition coefficient (Wildman–Crippen LogP) is 2.12. The Morgan fingerprint density at radius 3 is 2.72 bits per heavy atom. The molecule has 0 aliphatic heterocycles. The van der Waals surface area contributed by atoms with Gasteiger partial charge in [0.2, 0.25) is 0 Å². The zero-order chi connectivity index (χ0) is 17.6. The molecule has 25 heavy (non-hydrogen) atoms. The van der Waals surface area contributed by atoms with E-state index < -0.39 is 0 Å². The number of carbonyl (C=O) groups is 1. The molecular formula is C18H17N5O2. The fourth-order valence-electron chi connectivity index (χ4n) is 3.10. The summed E-state index contributed by atoms with van der Waals surface area (Å²) in [5, 5.41) is 2.62. The van der Waals surface area contributed by atoms with Crippen molar-refractivity contribution in [2.75, 3.05) is 7.05 Å². The minimum atomic E-state index is -0.228. The van der Waals surface area contributed by atoms with Gasteiger partial charge in [0.15, 0.2) is 0 Å². The number of nitrogens with zero attached hydrogens (tertiary/aromatic N) is 2. The molecule has 0 unspecified atom stereocenters. The van der Waals surface area contributed by atoms with Crippen LogP contribution < -0.4 is 11.0 Å². The van der Waals surface area contributed by atoms with Crippen LogP contribution in [0.4, 0.5) is 0 Å². The number of rotatable bonds is 3. The van der Waals surface area contributed by atoms with Gasteiger partial charge in [0, 0.05) is 24.7 Å². The molecule has 0 aliphatic rings. The van der Waals surface area contributed by atoms with Gasteiger partial charge in [-0.25, -0.2) is 9.78 Å². The maximum atomic E-state index is 11.9. The van der Waals surface area contributed by atoms with Crippen LogP contribution in [0.15, 0.2) is 41.2 Å². The molecule has 0 atom stereocenters. The highest BCUT2D eigenvalue weighted by molar-refractivity contribution is 5.97. The summed E-state index contributed by atoms with van der Waals surface area (Å²) in [6.07, 6.45) is 0.742. The second kappa shape index (κ2) is 5.62. The number of benzene rings is 2. The van der Waals surface area contributed by atoms with E-state index in [0.29, 0.717) is 5.56 Å². The minimum absolute atomic E-state index is 0.138. The Balaban J connectivity index is 1.95. The average molecular weight is 335 g/mol. The number of amides is 1. The van der Waals surface area contributed by atoms with Gasteiger partial charge in [0.25, 0.3) is 5.91 Å². The lowest BCUT2D eigenvalue weighted by Crippen LogP contribution is -2.17. The van der Waals surface area contributed by atoms with Crippen molar-refractivity contribution in [3.63, 3.8) is 0 Å². The lowest BCUT2D eigenvalue weighted by atomic mass is 10.2. The fourth-order valence-corrected chi connectivity index (χ4v) is 3.10. The van der Waals surface area contributed by atoms with Crippen LogP contribution in [0.25, 0.3) is 27.8 Å². The third kappa shape index (κ3) is 2.40. The Morgan fingerprint density at radius 2 is 1.96 bits per heavy atom. The van der Waals surface area contributed by atoms with Gasteiger partial charge in [-0.15, -0.1) is 0 Å². The van der Waals surface area contributed by atoms with E-state index in [0.717, 1.165) is 40.0 Å². The van der Waals surface area contributed by atoms with Crippen LogP contribution >= 0.6 is 0 Å². The monoisotopic (exact) mass is 335 g/mol. The number of hydrogen-bond acceptors (Lipinski definition) is 3. The number of aromatic amines is 2. The maximum Gasteiger partial charge on any atom is 0.323 e. The van der Waals surface area contributed by atoms with Crippen molar-refractivity contribution in [3.8, 4) is 5.69 Å². The van der Waals surface area contributed by atoms with Gasteiger partial charge in [-0.3, -0.25) is 9.36 Å². The average Bonchev–Trinajstić information content (AvgIpc) is 3.18. The normalized spacial score (nSPS) is 11.3. The van der Waals surface area contributed by atoms with Crippen LogP contribution in [0.2, 0.25) is 0 Å². The van der Waals surface area contributed by atoms with E-state index in [2.05, 4.69) is 20.3 Å². The van der Waals surface area contributed by atoms with E-state index in [1.54, 1.807) is 19.2 Å². The van der Waals surface area contributed by atoms with Gasteiger partial charge < -0.3 is 15.3 Å². The van der Waals surface area contributed by atoms with Gasteiger partial charge in [0.1, 0.15) is 5.82 Å². The van der Waals surface area contributed by atoms with Gasteiger partial charge in [-0.2, -0.15) is 0 Å². The van der Waals surface area contributed by atoms with Crippen molar-refractivity contribution in [2.45, 2.75) is 13.3 Å². The van der Waals surface area contributed by atoms with Crippen LogP contribution in [-0.4, -0.2) is 32.5 Å². The van der Waals surface area contributed by atoms with Crippen molar-refractivity contribution < 1.29 is 4.79 Å². The molecule has 1 amide bonds. The van der Waals surface area contributed by atoms with Gasteiger partial charge in [0.05, 0.1) is 22.1 Å². The lowest BCUT2D eigenvalue weighted by molar-refractivity contribution is 0.0963. The Bertz CT molecular complexity index is 1170. The van der Waals surface area contributed by atoms with Gasteiger partial charge in [-0.05, 0) is 36.4 Å². The first-order valence-electron chi connectivity index (χ1n) is 8.06. The number of H-pyrrole nitrogens is 2. The minimum Gasteiger partial charge on any atom is -0.355 e. The molecule has 2 heterocycles. The second-order valence-electron chi connectivity index (χ2n) is 5.81. The first-order chi connectivity index (χ1) is 12.1. The largest absolute Gasteiger partial charge is 0.355 e. The molecule has 7 nitrogen and oxygen atoms in total. The summed E-state index contributed by atoms with van der Waals surface area (Å²) < 4.78 is 2.05. The Kier molecular flexibility index (Phi) is 3.42. The smallest absolute Gasteiger partial charge is 0.323 e. The molecule has 0 aliphatic carbocycles. The van der Waals surface area contributed by atoms with Crippen LogP contribution in [0, 0.1) is 0 Å². The molecule has 126 valence electrons. The second-order valence-corrected chi connectivity index (χ2v) is 5.81. The number of imidazole rings is 2. The van der Waals surface area contributed by atoms with E-state index in [9.17, 15) is 9.59 Å². The topological polar surface area (TPSA) is 95.6 Å². The fraction of sp³-hybridized carbons (Fsp3) is 0.167. The molecular weight excluding hydrogens is 318 g/mol. The molecule has 0 spiro atoms. The molecule has 0 saturated carbocycles. The summed E-state index contributed by atoms with van der Waals surface area (Å²) in [6, 6.07) is 11.2. The zero-order valence-corrected chi connectivity index (χ0v) is 13.9. The highest BCUT2D eigenvalue weighted by atomic mass is 16.1. The quantitative estimate of drug-likeness (QED) is 0.535. The Morgan fingerprint density at radius 1 is 1.16 bits per heavy atom. The number of fused-ring (bicyclic) bond motifs is 2. The van der Waals surface area contributed by atoms with E-state index in [-0.39, 0.29) is 11.6 Å².